The van der Waals surface area contributed by atoms with Crippen LogP contribution in [0.25, 0.3) is 10.8 Å². The fourth-order valence-corrected chi connectivity index (χ4v) is 2.85. The second-order valence-corrected chi connectivity index (χ2v) is 6.99. The highest BCUT2D eigenvalue weighted by atomic mass is 16.6. The quantitative estimate of drug-likeness (QED) is 0.310. The largest absolute Gasteiger partial charge is 0.493 e. The van der Waals surface area contributed by atoms with Crippen molar-refractivity contribution in [3.05, 3.63) is 84.4 Å². The Bertz CT molecular complexity index is 1060. The molecule has 0 unspecified atom stereocenters. The number of amides is 1. The molecule has 0 aliphatic carbocycles. The third-order valence-corrected chi connectivity index (χ3v) is 4.45. The van der Waals surface area contributed by atoms with E-state index in [4.69, 9.17) is 14.2 Å². The van der Waals surface area contributed by atoms with Crippen molar-refractivity contribution in [1.82, 2.24) is 5.32 Å². The van der Waals surface area contributed by atoms with E-state index in [2.05, 4.69) is 24.0 Å². The van der Waals surface area contributed by atoms with Crippen LogP contribution in [0.5, 0.6) is 11.5 Å². The minimum Gasteiger partial charge on any atom is -0.493 e. The molecule has 0 aliphatic rings. The van der Waals surface area contributed by atoms with Crippen LogP contribution in [-0.2, 0) is 16.0 Å². The van der Waals surface area contributed by atoms with Crippen molar-refractivity contribution < 1.29 is 23.8 Å². The van der Waals surface area contributed by atoms with E-state index < -0.39 is 12.1 Å². The molecule has 0 saturated carbocycles. The lowest BCUT2D eigenvalue weighted by atomic mass is 10.1. The molecular formula is C25H25NO5. The Hall–Kier alpha value is -3.80. The van der Waals surface area contributed by atoms with Crippen LogP contribution in [0.1, 0.15) is 12.5 Å². The smallest absolute Gasteiger partial charge is 0.412 e. The lowest BCUT2D eigenvalue weighted by Gasteiger charge is -2.10. The van der Waals surface area contributed by atoms with Crippen LogP contribution in [0.2, 0.25) is 0 Å². The van der Waals surface area contributed by atoms with E-state index in [1.165, 1.54) is 5.56 Å². The van der Waals surface area contributed by atoms with Crippen LogP contribution in [0.15, 0.2) is 78.9 Å². The predicted octanol–water partition coefficient (Wildman–Crippen LogP) is 4.67. The SMILES string of the molecule is C=C(C)C(=O)OCCNC(=O)Oc1ccc2cc(OCCc3ccccc3)ccc2c1. The minimum absolute atomic E-state index is 0.0472. The zero-order chi connectivity index (χ0) is 22.1. The standard InChI is InChI=1S/C25H25NO5/c1-18(2)24(27)30-15-13-26-25(28)31-23-11-9-20-16-22(10-8-21(20)17-23)29-14-12-19-6-4-3-5-7-19/h3-11,16-17H,1,12-15H2,2H3,(H,26,28). The van der Waals surface area contributed by atoms with E-state index in [1.54, 1.807) is 19.1 Å². The average molecular weight is 419 g/mol. The third-order valence-electron chi connectivity index (χ3n) is 4.45. The number of hydrogen-bond acceptors (Lipinski definition) is 5. The van der Waals surface area contributed by atoms with E-state index in [0.717, 1.165) is 22.9 Å². The van der Waals surface area contributed by atoms with Crippen LogP contribution in [0.4, 0.5) is 4.79 Å². The van der Waals surface area contributed by atoms with Crippen molar-refractivity contribution in [1.29, 1.82) is 0 Å². The zero-order valence-corrected chi connectivity index (χ0v) is 17.4. The molecule has 0 saturated heterocycles. The Balaban J connectivity index is 1.48. The van der Waals surface area contributed by atoms with Gasteiger partial charge in [-0.1, -0.05) is 49.0 Å². The van der Waals surface area contributed by atoms with Crippen molar-refractivity contribution >= 4 is 22.8 Å². The molecule has 0 spiro atoms. The molecular weight excluding hydrogens is 394 g/mol. The monoisotopic (exact) mass is 419 g/mol. The highest BCUT2D eigenvalue weighted by Gasteiger charge is 2.07. The van der Waals surface area contributed by atoms with Crippen molar-refractivity contribution in [2.45, 2.75) is 13.3 Å². The number of fused-ring (bicyclic) bond motifs is 1. The van der Waals surface area contributed by atoms with Crippen LogP contribution in [0.3, 0.4) is 0 Å². The number of carbonyl (C=O) groups is 2. The summed E-state index contributed by atoms with van der Waals surface area (Å²) in [7, 11) is 0. The number of nitrogens with one attached hydrogen (secondary N) is 1. The number of ether oxygens (including phenoxy) is 3. The van der Waals surface area contributed by atoms with Gasteiger partial charge in [-0.2, -0.15) is 0 Å². The topological polar surface area (TPSA) is 73.9 Å². The Morgan fingerprint density at radius 2 is 1.58 bits per heavy atom. The Labute approximate surface area is 181 Å². The van der Waals surface area contributed by atoms with Crippen molar-refractivity contribution in [2.24, 2.45) is 0 Å². The Kier molecular flexibility index (Phi) is 7.65. The van der Waals surface area contributed by atoms with Gasteiger partial charge in [-0.05, 0) is 47.5 Å². The summed E-state index contributed by atoms with van der Waals surface area (Å²) in [5, 5.41) is 4.44. The first-order chi connectivity index (χ1) is 15.0. The summed E-state index contributed by atoms with van der Waals surface area (Å²) in [5.41, 5.74) is 1.54. The number of rotatable bonds is 9. The molecule has 0 heterocycles. The first kappa shape index (κ1) is 21.9. The molecule has 0 fully saturated rings. The van der Waals surface area contributed by atoms with Gasteiger partial charge in [0.25, 0.3) is 0 Å². The van der Waals surface area contributed by atoms with Gasteiger partial charge in [0, 0.05) is 12.0 Å². The maximum absolute atomic E-state index is 11.9. The first-order valence-corrected chi connectivity index (χ1v) is 10.00. The number of hydrogen-bond donors (Lipinski definition) is 1. The van der Waals surface area contributed by atoms with E-state index in [9.17, 15) is 9.59 Å². The van der Waals surface area contributed by atoms with Gasteiger partial charge in [0.2, 0.25) is 0 Å². The highest BCUT2D eigenvalue weighted by molar-refractivity contribution is 5.87. The summed E-state index contributed by atoms with van der Waals surface area (Å²) in [6.07, 6.45) is 0.222. The molecule has 3 rings (SSSR count). The molecule has 6 heteroatoms. The fraction of sp³-hybridized carbons (Fsp3) is 0.200. The van der Waals surface area contributed by atoms with E-state index in [0.29, 0.717) is 17.9 Å². The van der Waals surface area contributed by atoms with Gasteiger partial charge in [-0.25, -0.2) is 9.59 Å². The predicted molar refractivity (Wildman–Crippen MR) is 119 cm³/mol. The molecule has 0 aliphatic heterocycles. The molecule has 0 bridgehead atoms. The zero-order valence-electron chi connectivity index (χ0n) is 17.4. The van der Waals surface area contributed by atoms with Gasteiger partial charge in [-0.15, -0.1) is 0 Å². The van der Waals surface area contributed by atoms with Gasteiger partial charge >= 0.3 is 12.1 Å². The molecule has 6 nitrogen and oxygen atoms in total. The van der Waals surface area contributed by atoms with Gasteiger partial charge in [0.15, 0.2) is 0 Å². The third kappa shape index (κ3) is 6.89. The molecule has 3 aromatic rings. The molecule has 0 atom stereocenters. The van der Waals surface area contributed by atoms with Gasteiger partial charge in [-0.3, -0.25) is 0 Å². The number of esters is 1. The van der Waals surface area contributed by atoms with Crippen molar-refractivity contribution in [3.63, 3.8) is 0 Å². The van der Waals surface area contributed by atoms with Crippen LogP contribution in [-0.4, -0.2) is 31.8 Å². The van der Waals surface area contributed by atoms with E-state index >= 15 is 0 Å². The Morgan fingerprint density at radius 1 is 0.903 bits per heavy atom. The van der Waals surface area contributed by atoms with Crippen LogP contribution in [0, 0.1) is 0 Å². The minimum atomic E-state index is -0.619. The molecule has 3 aromatic carbocycles. The van der Waals surface area contributed by atoms with Gasteiger partial charge in [0.05, 0.1) is 13.2 Å². The van der Waals surface area contributed by atoms with Gasteiger partial charge < -0.3 is 19.5 Å². The second-order valence-electron chi connectivity index (χ2n) is 6.99. The molecule has 31 heavy (non-hydrogen) atoms. The Morgan fingerprint density at radius 3 is 2.29 bits per heavy atom. The number of benzene rings is 3. The number of carbonyl (C=O) groups excluding carboxylic acids is 2. The molecule has 1 amide bonds. The summed E-state index contributed by atoms with van der Waals surface area (Å²) in [5.74, 6) is 0.717. The molecule has 1 N–H and O–H groups in total. The van der Waals surface area contributed by atoms with E-state index in [1.807, 2.05) is 42.5 Å². The lowest BCUT2D eigenvalue weighted by molar-refractivity contribution is -0.138. The summed E-state index contributed by atoms with van der Waals surface area (Å²) < 4.78 is 16.0. The van der Waals surface area contributed by atoms with Crippen LogP contribution >= 0.6 is 0 Å². The fourth-order valence-electron chi connectivity index (χ4n) is 2.85. The molecule has 160 valence electrons. The summed E-state index contributed by atoms with van der Waals surface area (Å²) >= 11 is 0. The molecule has 0 radical (unpaired) electrons. The molecule has 0 aromatic heterocycles. The summed E-state index contributed by atoms with van der Waals surface area (Å²) in [6.45, 7) is 5.84. The maximum Gasteiger partial charge on any atom is 0.412 e. The summed E-state index contributed by atoms with van der Waals surface area (Å²) in [4.78, 5) is 23.2. The second kappa shape index (κ2) is 10.8. The van der Waals surface area contributed by atoms with Crippen molar-refractivity contribution in [2.75, 3.05) is 19.8 Å². The average Bonchev–Trinajstić information content (AvgIpc) is 2.77. The normalized spacial score (nSPS) is 10.4. The first-order valence-electron chi connectivity index (χ1n) is 10.00. The van der Waals surface area contributed by atoms with E-state index in [-0.39, 0.29) is 13.2 Å². The van der Waals surface area contributed by atoms with Gasteiger partial charge in [0.1, 0.15) is 18.1 Å². The lowest BCUT2D eigenvalue weighted by Crippen LogP contribution is -2.30. The van der Waals surface area contributed by atoms with Crippen LogP contribution < -0.4 is 14.8 Å². The van der Waals surface area contributed by atoms with Crippen molar-refractivity contribution in [3.8, 4) is 11.5 Å². The highest BCUT2D eigenvalue weighted by Crippen LogP contribution is 2.25. The summed E-state index contributed by atoms with van der Waals surface area (Å²) in [6, 6.07) is 21.3. The maximum atomic E-state index is 11.9.